The molecule has 1 atom stereocenters. The molecule has 0 aliphatic rings. The summed E-state index contributed by atoms with van der Waals surface area (Å²) in [7, 11) is 0. The van der Waals surface area contributed by atoms with Crippen LogP contribution in [0.5, 0.6) is 11.5 Å². The normalized spacial score (nSPS) is 11.6. The van der Waals surface area contributed by atoms with Crippen molar-refractivity contribution in [3.8, 4) is 22.8 Å². The second kappa shape index (κ2) is 11.2. The average molecular weight is 487 g/mol. The van der Waals surface area contributed by atoms with Crippen molar-refractivity contribution >= 4 is 11.9 Å². The number of amides is 1. The van der Waals surface area contributed by atoms with E-state index in [1.165, 1.54) is 0 Å². The number of pyridine rings is 1. The Bertz CT molecular complexity index is 1350. The number of primary amides is 1. The number of ether oxygens (including phenoxy) is 2. The number of nitrogens with two attached hydrogens (primary N) is 1. The molecule has 4 rings (SSSR count). The first-order chi connectivity index (χ1) is 17.4. The van der Waals surface area contributed by atoms with Gasteiger partial charge in [0, 0.05) is 36.0 Å². The molecule has 0 saturated carbocycles. The molecule has 36 heavy (non-hydrogen) atoms. The second-order valence-corrected chi connectivity index (χ2v) is 8.23. The number of carbonyl (C=O) groups excluding carboxylic acids is 1. The fourth-order valence-corrected chi connectivity index (χ4v) is 3.77. The Hall–Kier alpha value is -4.66. The van der Waals surface area contributed by atoms with Gasteiger partial charge in [0.1, 0.15) is 29.9 Å². The standard InChI is InChI=1S/C27H26N4O5/c1-17-5-2-3-7-20(17)24(10-11-26(32)33)36-25-13-19(35-16-18-6-4-12-29-15-18)8-9-21(25)22-14-23(27(28)34)31-30-22/h2-9,12-15,24H,10-11,16H2,1H3,(H2,28,34)(H,30,31)(H,32,33)/t24-/m1/s1. The number of aryl methyl sites for hydroxylation is 1. The van der Waals surface area contributed by atoms with E-state index < -0.39 is 18.0 Å². The van der Waals surface area contributed by atoms with E-state index in [0.717, 1.165) is 16.7 Å². The third-order valence-corrected chi connectivity index (χ3v) is 5.63. The fraction of sp³-hybridized carbons (Fsp3) is 0.185. The van der Waals surface area contributed by atoms with Gasteiger partial charge < -0.3 is 20.3 Å². The molecule has 2 aromatic heterocycles. The number of hydrogen-bond acceptors (Lipinski definition) is 6. The van der Waals surface area contributed by atoms with E-state index in [1.807, 2.05) is 43.3 Å². The molecule has 0 spiro atoms. The first-order valence-corrected chi connectivity index (χ1v) is 11.4. The van der Waals surface area contributed by atoms with Crippen LogP contribution in [-0.4, -0.2) is 32.2 Å². The van der Waals surface area contributed by atoms with Crippen LogP contribution in [0.25, 0.3) is 11.3 Å². The number of nitrogens with one attached hydrogen (secondary N) is 1. The van der Waals surface area contributed by atoms with Crippen molar-refractivity contribution in [1.29, 1.82) is 0 Å². The van der Waals surface area contributed by atoms with Gasteiger partial charge in [0.2, 0.25) is 0 Å². The number of aromatic nitrogens is 3. The quantitative estimate of drug-likeness (QED) is 0.285. The lowest BCUT2D eigenvalue weighted by molar-refractivity contribution is -0.137. The zero-order valence-electron chi connectivity index (χ0n) is 19.7. The minimum Gasteiger partial charge on any atom is -0.489 e. The Kier molecular flexibility index (Phi) is 7.60. The van der Waals surface area contributed by atoms with Gasteiger partial charge in [0.15, 0.2) is 0 Å². The number of hydrogen-bond donors (Lipinski definition) is 3. The number of carboxylic acids is 1. The van der Waals surface area contributed by atoms with Crippen molar-refractivity contribution < 1.29 is 24.2 Å². The molecule has 0 aliphatic heterocycles. The molecular weight excluding hydrogens is 460 g/mol. The van der Waals surface area contributed by atoms with Crippen molar-refractivity contribution in [1.82, 2.24) is 15.2 Å². The minimum absolute atomic E-state index is 0.0697. The molecule has 0 fully saturated rings. The van der Waals surface area contributed by atoms with Crippen LogP contribution in [0.15, 0.2) is 73.1 Å². The number of H-pyrrole nitrogens is 1. The molecule has 9 heteroatoms. The molecule has 2 aromatic carbocycles. The SMILES string of the molecule is Cc1ccccc1[C@@H](CCC(=O)O)Oc1cc(OCc2cccnc2)ccc1-c1cc(C(N)=O)[nH]n1. The lowest BCUT2D eigenvalue weighted by Crippen LogP contribution is -2.12. The van der Waals surface area contributed by atoms with Gasteiger partial charge in [-0.3, -0.25) is 19.7 Å². The number of carbonyl (C=O) groups is 2. The maximum absolute atomic E-state index is 11.6. The van der Waals surface area contributed by atoms with Crippen LogP contribution >= 0.6 is 0 Å². The number of benzene rings is 2. The smallest absolute Gasteiger partial charge is 0.303 e. The van der Waals surface area contributed by atoms with E-state index in [9.17, 15) is 14.7 Å². The van der Waals surface area contributed by atoms with E-state index >= 15 is 0 Å². The number of rotatable bonds is 11. The monoisotopic (exact) mass is 486 g/mol. The first-order valence-electron chi connectivity index (χ1n) is 11.4. The molecule has 4 N–H and O–H groups in total. The third kappa shape index (κ3) is 6.06. The summed E-state index contributed by atoms with van der Waals surface area (Å²) in [4.78, 5) is 27.1. The fourth-order valence-electron chi connectivity index (χ4n) is 3.77. The molecule has 4 aromatic rings. The highest BCUT2D eigenvalue weighted by atomic mass is 16.5. The van der Waals surface area contributed by atoms with Crippen molar-refractivity contribution in [3.05, 3.63) is 95.4 Å². The van der Waals surface area contributed by atoms with Gasteiger partial charge in [0.05, 0.1) is 5.69 Å². The molecule has 1 amide bonds. The second-order valence-electron chi connectivity index (χ2n) is 8.23. The molecule has 0 unspecified atom stereocenters. The Labute approximate surface area is 207 Å². The number of aromatic amines is 1. The highest BCUT2D eigenvalue weighted by Crippen LogP contribution is 2.37. The summed E-state index contributed by atoms with van der Waals surface area (Å²) in [5, 5.41) is 16.2. The van der Waals surface area contributed by atoms with Crippen molar-refractivity contribution in [2.45, 2.75) is 32.5 Å². The molecule has 2 heterocycles. The molecule has 184 valence electrons. The zero-order chi connectivity index (χ0) is 25.5. The Balaban J connectivity index is 1.70. The van der Waals surface area contributed by atoms with Crippen LogP contribution in [0.3, 0.4) is 0 Å². The van der Waals surface area contributed by atoms with Crippen molar-refractivity contribution in [3.63, 3.8) is 0 Å². The summed E-state index contributed by atoms with van der Waals surface area (Å²) < 4.78 is 12.4. The largest absolute Gasteiger partial charge is 0.489 e. The minimum atomic E-state index is -0.913. The average Bonchev–Trinajstić information content (AvgIpc) is 3.37. The van der Waals surface area contributed by atoms with E-state index in [-0.39, 0.29) is 18.5 Å². The van der Waals surface area contributed by atoms with Crippen molar-refractivity contribution in [2.75, 3.05) is 0 Å². The van der Waals surface area contributed by atoms with Gasteiger partial charge in [-0.15, -0.1) is 0 Å². The number of carboxylic acid groups (broad SMARTS) is 1. The maximum Gasteiger partial charge on any atom is 0.303 e. The Morgan fingerprint density at radius 1 is 1.11 bits per heavy atom. The van der Waals surface area contributed by atoms with E-state index in [1.54, 1.807) is 36.7 Å². The summed E-state index contributed by atoms with van der Waals surface area (Å²) in [6.45, 7) is 2.26. The van der Waals surface area contributed by atoms with Crippen LogP contribution in [0.1, 0.15) is 46.1 Å². The van der Waals surface area contributed by atoms with Crippen LogP contribution in [-0.2, 0) is 11.4 Å². The van der Waals surface area contributed by atoms with Gasteiger partial charge in [-0.1, -0.05) is 30.3 Å². The number of aliphatic carboxylic acids is 1. The molecule has 0 bridgehead atoms. The van der Waals surface area contributed by atoms with Gasteiger partial charge in [-0.25, -0.2) is 0 Å². The predicted octanol–water partition coefficient (Wildman–Crippen LogP) is 4.44. The lowest BCUT2D eigenvalue weighted by atomic mass is 9.99. The van der Waals surface area contributed by atoms with Gasteiger partial charge in [0.25, 0.3) is 5.91 Å². The molecule has 0 aliphatic carbocycles. The Morgan fingerprint density at radius 2 is 1.94 bits per heavy atom. The van der Waals surface area contributed by atoms with Crippen molar-refractivity contribution in [2.24, 2.45) is 5.73 Å². The van der Waals surface area contributed by atoms with Gasteiger partial charge in [-0.2, -0.15) is 5.10 Å². The molecular formula is C27H26N4O5. The highest BCUT2D eigenvalue weighted by Gasteiger charge is 2.21. The molecule has 0 saturated heterocycles. The summed E-state index contributed by atoms with van der Waals surface area (Å²) in [6, 6.07) is 18.3. The maximum atomic E-state index is 11.6. The van der Waals surface area contributed by atoms with E-state index in [4.69, 9.17) is 15.2 Å². The third-order valence-electron chi connectivity index (χ3n) is 5.63. The van der Waals surface area contributed by atoms with E-state index in [0.29, 0.717) is 29.4 Å². The van der Waals surface area contributed by atoms with Crippen LogP contribution in [0.2, 0.25) is 0 Å². The van der Waals surface area contributed by atoms with E-state index in [2.05, 4.69) is 15.2 Å². The van der Waals surface area contributed by atoms with Crippen LogP contribution in [0, 0.1) is 6.92 Å². The summed E-state index contributed by atoms with van der Waals surface area (Å²) in [5.41, 5.74) is 9.36. The number of nitrogens with zero attached hydrogens (tertiary/aromatic N) is 2. The predicted molar refractivity (Wildman–Crippen MR) is 133 cm³/mol. The first kappa shape index (κ1) is 24.5. The van der Waals surface area contributed by atoms with Gasteiger partial charge >= 0.3 is 5.97 Å². The molecule has 9 nitrogen and oxygen atoms in total. The zero-order valence-corrected chi connectivity index (χ0v) is 19.7. The molecule has 0 radical (unpaired) electrons. The summed E-state index contributed by atoms with van der Waals surface area (Å²) in [6.07, 6.45) is 3.06. The topological polar surface area (TPSA) is 140 Å². The van der Waals surface area contributed by atoms with Crippen LogP contribution in [0.4, 0.5) is 0 Å². The highest BCUT2D eigenvalue weighted by molar-refractivity contribution is 5.92. The lowest BCUT2D eigenvalue weighted by Gasteiger charge is -2.23. The summed E-state index contributed by atoms with van der Waals surface area (Å²) in [5.74, 6) is -0.568. The van der Waals surface area contributed by atoms with Gasteiger partial charge in [-0.05, 0) is 48.7 Å². The Morgan fingerprint density at radius 3 is 2.64 bits per heavy atom. The van der Waals surface area contributed by atoms with Crippen LogP contribution < -0.4 is 15.2 Å². The summed E-state index contributed by atoms with van der Waals surface area (Å²) >= 11 is 0.